The van der Waals surface area contributed by atoms with Crippen LogP contribution in [0.3, 0.4) is 0 Å². The molecule has 2 heterocycles. The number of morpholine rings is 1. The van der Waals surface area contributed by atoms with E-state index >= 15 is 0 Å². The zero-order chi connectivity index (χ0) is 20.9. The third-order valence-corrected chi connectivity index (χ3v) is 6.39. The quantitative estimate of drug-likeness (QED) is 0.579. The number of carbonyl (C=O) groups is 2. The number of quaternary nitrogens is 2. The molecule has 0 aromatic heterocycles. The molecule has 2 saturated heterocycles. The van der Waals surface area contributed by atoms with E-state index in [0.29, 0.717) is 32.8 Å². The largest absolute Gasteiger partial charge is 0.378 e. The monoisotopic (exact) mass is 412 g/mol. The number of benzene rings is 2. The van der Waals surface area contributed by atoms with Gasteiger partial charge in [-0.1, -0.05) is 30.3 Å². The van der Waals surface area contributed by atoms with Crippen molar-refractivity contribution in [3.63, 3.8) is 0 Å². The Bertz CT molecular complexity index is 889. The number of hydrogen-bond donors (Lipinski definition) is 3. The molecule has 160 valence electrons. The minimum absolute atomic E-state index is 0.0492. The highest BCUT2D eigenvalue weighted by Crippen LogP contribution is 2.18. The second kappa shape index (κ2) is 9.55. The molecule has 0 bridgehead atoms. The van der Waals surface area contributed by atoms with Crippen LogP contribution in [-0.2, 0) is 14.3 Å². The van der Waals surface area contributed by atoms with Gasteiger partial charge in [0, 0.05) is 18.8 Å². The number of fused-ring (bicyclic) bond motifs is 1. The van der Waals surface area contributed by atoms with E-state index in [2.05, 4.69) is 17.4 Å². The van der Waals surface area contributed by atoms with E-state index in [1.807, 2.05) is 42.2 Å². The van der Waals surface area contributed by atoms with Crippen LogP contribution in [0.15, 0.2) is 42.5 Å². The molecule has 2 fully saturated rings. The molecule has 2 aromatic carbocycles. The van der Waals surface area contributed by atoms with Gasteiger partial charge >= 0.3 is 0 Å². The summed E-state index contributed by atoms with van der Waals surface area (Å²) in [6.07, 6.45) is 0. The summed E-state index contributed by atoms with van der Waals surface area (Å²) in [5.74, 6) is 0.270. The highest BCUT2D eigenvalue weighted by atomic mass is 16.5. The van der Waals surface area contributed by atoms with Crippen molar-refractivity contribution in [1.29, 1.82) is 0 Å². The smallest absolute Gasteiger partial charge is 0.282 e. The van der Waals surface area contributed by atoms with Gasteiger partial charge in [0.05, 0.1) is 13.2 Å². The van der Waals surface area contributed by atoms with Crippen LogP contribution in [0.2, 0.25) is 0 Å². The van der Waals surface area contributed by atoms with E-state index in [4.69, 9.17) is 4.74 Å². The first-order valence-corrected chi connectivity index (χ1v) is 10.9. The second-order valence-electron chi connectivity index (χ2n) is 8.35. The van der Waals surface area contributed by atoms with Crippen LogP contribution in [0.1, 0.15) is 6.92 Å². The minimum Gasteiger partial charge on any atom is -0.378 e. The molecule has 30 heavy (non-hydrogen) atoms. The molecule has 0 spiro atoms. The van der Waals surface area contributed by atoms with Crippen LogP contribution >= 0.6 is 0 Å². The maximum Gasteiger partial charge on any atom is 0.282 e. The van der Waals surface area contributed by atoms with Gasteiger partial charge in [0.1, 0.15) is 26.2 Å². The van der Waals surface area contributed by atoms with Gasteiger partial charge in [-0.15, -0.1) is 0 Å². The van der Waals surface area contributed by atoms with E-state index in [-0.39, 0.29) is 17.9 Å². The number of anilines is 1. The standard InChI is InChI=1S/C23H30N4O3/c1-18(23(29)24-21-7-6-19-4-2-3-5-20(19)16-21)26-10-8-25(9-11-26)17-22(28)27-12-14-30-15-13-27/h2-7,16,18H,8-15,17H2,1H3,(H,24,29)/p+2/t18-/m0/s1. The van der Waals surface area contributed by atoms with E-state index in [9.17, 15) is 9.59 Å². The summed E-state index contributed by atoms with van der Waals surface area (Å²) in [5, 5.41) is 5.37. The lowest BCUT2D eigenvalue weighted by molar-refractivity contribution is -1.01. The SMILES string of the molecule is C[C@@H](C(=O)Nc1ccc2ccccc2c1)[NH+]1CC[NH+](CC(=O)N2CCOCC2)CC1. The van der Waals surface area contributed by atoms with Crippen LogP contribution < -0.4 is 15.1 Å². The zero-order valence-corrected chi connectivity index (χ0v) is 17.7. The molecule has 2 amide bonds. The molecule has 0 radical (unpaired) electrons. The first-order valence-electron chi connectivity index (χ1n) is 10.9. The van der Waals surface area contributed by atoms with Gasteiger partial charge in [0.15, 0.2) is 12.6 Å². The zero-order valence-electron chi connectivity index (χ0n) is 17.7. The fraction of sp³-hybridized carbons (Fsp3) is 0.478. The first-order chi connectivity index (χ1) is 14.6. The van der Waals surface area contributed by atoms with Crippen molar-refractivity contribution < 1.29 is 24.1 Å². The summed E-state index contributed by atoms with van der Waals surface area (Å²) in [6.45, 7) is 8.87. The highest BCUT2D eigenvalue weighted by molar-refractivity contribution is 5.96. The summed E-state index contributed by atoms with van der Waals surface area (Å²) in [6, 6.07) is 14.0. The Hall–Kier alpha value is -2.48. The Morgan fingerprint density at radius 2 is 1.73 bits per heavy atom. The molecule has 7 heteroatoms. The van der Waals surface area contributed by atoms with Crippen molar-refractivity contribution in [2.45, 2.75) is 13.0 Å². The molecule has 4 rings (SSSR count). The number of carbonyl (C=O) groups excluding carboxylic acids is 2. The predicted octanol–water partition coefficient (Wildman–Crippen LogP) is -1.19. The maximum absolute atomic E-state index is 12.8. The molecule has 2 aliphatic heterocycles. The summed E-state index contributed by atoms with van der Waals surface area (Å²) in [4.78, 5) is 29.8. The van der Waals surface area contributed by atoms with Gasteiger partial charge in [0.2, 0.25) is 0 Å². The van der Waals surface area contributed by atoms with Gasteiger partial charge in [0.25, 0.3) is 11.8 Å². The summed E-state index contributed by atoms with van der Waals surface area (Å²) in [7, 11) is 0. The van der Waals surface area contributed by atoms with Crippen molar-refractivity contribution in [2.75, 3.05) is 64.3 Å². The molecule has 0 unspecified atom stereocenters. The van der Waals surface area contributed by atoms with Gasteiger partial charge in [-0.25, -0.2) is 0 Å². The number of piperazine rings is 1. The molecule has 3 N–H and O–H groups in total. The van der Waals surface area contributed by atoms with E-state index < -0.39 is 0 Å². The lowest BCUT2D eigenvalue weighted by Gasteiger charge is -2.34. The van der Waals surface area contributed by atoms with Crippen molar-refractivity contribution in [1.82, 2.24) is 4.90 Å². The molecule has 0 aliphatic carbocycles. The highest BCUT2D eigenvalue weighted by Gasteiger charge is 2.32. The Kier molecular flexibility index (Phi) is 6.62. The third-order valence-electron chi connectivity index (χ3n) is 6.39. The average molecular weight is 413 g/mol. The number of rotatable bonds is 5. The Labute approximate surface area is 177 Å². The predicted molar refractivity (Wildman–Crippen MR) is 116 cm³/mol. The van der Waals surface area contributed by atoms with Gasteiger partial charge < -0.3 is 24.8 Å². The van der Waals surface area contributed by atoms with E-state index in [1.54, 1.807) is 0 Å². The van der Waals surface area contributed by atoms with Crippen molar-refractivity contribution in [2.24, 2.45) is 0 Å². The second-order valence-corrected chi connectivity index (χ2v) is 8.35. The van der Waals surface area contributed by atoms with E-state index in [1.165, 1.54) is 15.2 Å². The number of nitrogens with one attached hydrogen (secondary N) is 3. The van der Waals surface area contributed by atoms with Crippen LogP contribution in [-0.4, -0.2) is 81.8 Å². The average Bonchev–Trinajstić information content (AvgIpc) is 2.79. The van der Waals surface area contributed by atoms with E-state index in [0.717, 1.165) is 37.3 Å². The van der Waals surface area contributed by atoms with Crippen LogP contribution in [0.5, 0.6) is 0 Å². The van der Waals surface area contributed by atoms with Gasteiger partial charge in [-0.3, -0.25) is 9.59 Å². The fourth-order valence-electron chi connectivity index (χ4n) is 4.38. The minimum atomic E-state index is -0.118. The molecule has 2 aliphatic rings. The number of nitrogens with zero attached hydrogens (tertiary/aromatic N) is 1. The number of ether oxygens (including phenoxy) is 1. The maximum atomic E-state index is 12.8. The van der Waals surface area contributed by atoms with Crippen LogP contribution in [0.25, 0.3) is 10.8 Å². The Morgan fingerprint density at radius 3 is 2.47 bits per heavy atom. The van der Waals surface area contributed by atoms with Gasteiger partial charge in [-0.05, 0) is 29.8 Å². The first kappa shape index (κ1) is 20.8. The van der Waals surface area contributed by atoms with Crippen molar-refractivity contribution >= 4 is 28.3 Å². The molecular weight excluding hydrogens is 380 g/mol. The fourth-order valence-corrected chi connectivity index (χ4v) is 4.38. The molecule has 7 nitrogen and oxygen atoms in total. The third kappa shape index (κ3) is 4.98. The lowest BCUT2D eigenvalue weighted by atomic mass is 10.1. The molecular formula is C23H32N4O3+2. The summed E-state index contributed by atoms with van der Waals surface area (Å²) >= 11 is 0. The van der Waals surface area contributed by atoms with Crippen molar-refractivity contribution in [3.8, 4) is 0 Å². The molecule has 2 aromatic rings. The molecule has 0 saturated carbocycles. The van der Waals surface area contributed by atoms with Crippen LogP contribution in [0.4, 0.5) is 5.69 Å². The van der Waals surface area contributed by atoms with Crippen LogP contribution in [0, 0.1) is 0 Å². The summed E-state index contributed by atoms with van der Waals surface area (Å²) < 4.78 is 5.32. The topological polar surface area (TPSA) is 67.5 Å². The number of hydrogen-bond acceptors (Lipinski definition) is 3. The Balaban J connectivity index is 1.26. The number of amides is 2. The normalized spacial score (nSPS) is 23.2. The van der Waals surface area contributed by atoms with Crippen molar-refractivity contribution in [3.05, 3.63) is 42.5 Å². The van der Waals surface area contributed by atoms with Gasteiger partial charge in [-0.2, -0.15) is 0 Å². The lowest BCUT2D eigenvalue weighted by Crippen LogP contribution is -3.30. The summed E-state index contributed by atoms with van der Waals surface area (Å²) in [5.41, 5.74) is 0.838. The molecule has 1 atom stereocenters. The Morgan fingerprint density at radius 1 is 1.03 bits per heavy atom.